The molecule has 0 atom stereocenters. The molecule has 1 amide bonds. The summed E-state index contributed by atoms with van der Waals surface area (Å²) in [6.45, 7) is 4.28. The second-order valence-electron chi connectivity index (χ2n) is 3.70. The quantitative estimate of drug-likeness (QED) is 0.453. The largest absolute Gasteiger partial charge is 0.278 e. The minimum Gasteiger partial charge on any atom is -0.267 e. The van der Waals surface area contributed by atoms with E-state index >= 15 is 0 Å². The topological polar surface area (TPSA) is 29.4 Å². The predicted molar refractivity (Wildman–Crippen MR) is 69.6 cm³/mol. The molecule has 0 spiro atoms. The lowest BCUT2D eigenvalue weighted by Crippen LogP contribution is -1.87. The van der Waals surface area contributed by atoms with Gasteiger partial charge in [-0.15, -0.1) is 0 Å². The summed E-state index contributed by atoms with van der Waals surface area (Å²) in [5.41, 5.74) is 2.25. The van der Waals surface area contributed by atoms with Crippen LogP contribution in [0, 0.1) is 0 Å². The maximum absolute atomic E-state index is 11.0. The van der Waals surface area contributed by atoms with E-state index in [2.05, 4.69) is 43.2 Å². The Labute approximate surface area is 101 Å². The normalized spacial score (nSPS) is 10.4. The standard InChI is InChI=1S/C13H13NOS/c1-10(2)12-6-3-11(4-7-12)5-8-13(15)14-9-16/h3-8,10H,1-2H3/b8-5+. The van der Waals surface area contributed by atoms with Crippen molar-refractivity contribution in [3.8, 4) is 0 Å². The number of isothiocyanates is 1. The number of hydrogen-bond donors (Lipinski definition) is 0. The lowest BCUT2D eigenvalue weighted by atomic mass is 10.0. The molecular formula is C13H13NOS. The van der Waals surface area contributed by atoms with Crippen molar-refractivity contribution in [2.45, 2.75) is 19.8 Å². The zero-order valence-electron chi connectivity index (χ0n) is 9.31. The van der Waals surface area contributed by atoms with Crippen LogP contribution in [0.3, 0.4) is 0 Å². The van der Waals surface area contributed by atoms with E-state index in [1.807, 2.05) is 17.3 Å². The Kier molecular flexibility index (Phi) is 4.77. The maximum Gasteiger partial charge on any atom is 0.278 e. The van der Waals surface area contributed by atoms with Gasteiger partial charge in [0.05, 0.1) is 5.16 Å². The van der Waals surface area contributed by atoms with Crippen LogP contribution in [0.5, 0.6) is 0 Å². The van der Waals surface area contributed by atoms with E-state index in [0.717, 1.165) is 5.56 Å². The molecule has 0 aliphatic rings. The van der Waals surface area contributed by atoms with Crippen molar-refractivity contribution in [1.29, 1.82) is 0 Å². The van der Waals surface area contributed by atoms with Crippen molar-refractivity contribution < 1.29 is 4.79 Å². The lowest BCUT2D eigenvalue weighted by Gasteiger charge is -2.04. The van der Waals surface area contributed by atoms with Crippen LogP contribution in [-0.2, 0) is 4.79 Å². The molecule has 0 bridgehead atoms. The van der Waals surface area contributed by atoms with Gasteiger partial charge in [-0.2, -0.15) is 4.99 Å². The summed E-state index contributed by atoms with van der Waals surface area (Å²) in [6, 6.07) is 8.05. The molecular weight excluding hydrogens is 218 g/mol. The number of nitrogens with zero attached hydrogens (tertiary/aromatic N) is 1. The van der Waals surface area contributed by atoms with Gasteiger partial charge >= 0.3 is 0 Å². The van der Waals surface area contributed by atoms with Crippen molar-refractivity contribution in [3.63, 3.8) is 0 Å². The number of amides is 1. The first kappa shape index (κ1) is 12.5. The van der Waals surface area contributed by atoms with Gasteiger partial charge in [0.1, 0.15) is 0 Å². The number of carbonyl (C=O) groups excluding carboxylic acids is 1. The molecule has 0 aliphatic heterocycles. The summed E-state index contributed by atoms with van der Waals surface area (Å²) in [6.07, 6.45) is 3.09. The minimum absolute atomic E-state index is 0.386. The summed E-state index contributed by atoms with van der Waals surface area (Å²) in [5, 5.41) is 2.04. The van der Waals surface area contributed by atoms with Crippen molar-refractivity contribution >= 4 is 29.4 Å². The fraction of sp³-hybridized carbons (Fsp3) is 0.231. The van der Waals surface area contributed by atoms with Crippen molar-refractivity contribution in [2.75, 3.05) is 0 Å². The molecule has 0 heterocycles. The molecule has 0 fully saturated rings. The third-order valence-electron chi connectivity index (χ3n) is 2.18. The van der Waals surface area contributed by atoms with Gasteiger partial charge in [-0.1, -0.05) is 38.1 Å². The molecule has 0 aromatic heterocycles. The van der Waals surface area contributed by atoms with Crippen molar-refractivity contribution in [2.24, 2.45) is 4.99 Å². The average molecular weight is 231 g/mol. The number of benzene rings is 1. The summed E-state index contributed by atoms with van der Waals surface area (Å²) >= 11 is 4.33. The monoisotopic (exact) mass is 231 g/mol. The fourth-order valence-corrected chi connectivity index (χ4v) is 1.33. The molecule has 0 unspecified atom stereocenters. The van der Waals surface area contributed by atoms with E-state index in [0.29, 0.717) is 5.92 Å². The highest BCUT2D eigenvalue weighted by atomic mass is 32.1. The minimum atomic E-state index is -0.386. The van der Waals surface area contributed by atoms with Crippen LogP contribution in [0.25, 0.3) is 6.08 Å². The molecule has 1 aromatic rings. The van der Waals surface area contributed by atoms with Gasteiger partial charge in [-0.05, 0) is 35.3 Å². The Hall–Kier alpha value is -1.57. The van der Waals surface area contributed by atoms with Gasteiger partial charge in [0.2, 0.25) is 0 Å². The van der Waals surface area contributed by atoms with E-state index in [1.54, 1.807) is 6.08 Å². The number of rotatable bonds is 3. The highest BCUT2D eigenvalue weighted by Crippen LogP contribution is 2.15. The SMILES string of the molecule is CC(C)c1ccc(/C=C/C(=O)N=C=S)cc1. The Morgan fingerprint density at radius 2 is 2.00 bits per heavy atom. The number of aliphatic imine (C=N–C) groups is 1. The number of carbonyl (C=O) groups is 1. The third kappa shape index (κ3) is 3.89. The second kappa shape index (κ2) is 6.11. The van der Waals surface area contributed by atoms with E-state index in [1.165, 1.54) is 11.6 Å². The summed E-state index contributed by atoms with van der Waals surface area (Å²) in [7, 11) is 0. The van der Waals surface area contributed by atoms with E-state index in [9.17, 15) is 4.79 Å². The van der Waals surface area contributed by atoms with E-state index in [4.69, 9.17) is 0 Å². The molecule has 1 aromatic carbocycles. The number of thiocarbonyl (C=S) groups is 1. The van der Waals surface area contributed by atoms with Gasteiger partial charge in [-0.3, -0.25) is 4.79 Å². The van der Waals surface area contributed by atoms with Gasteiger partial charge < -0.3 is 0 Å². The molecule has 0 saturated heterocycles. The van der Waals surface area contributed by atoms with Gasteiger partial charge in [0.15, 0.2) is 0 Å². The smallest absolute Gasteiger partial charge is 0.267 e. The summed E-state index contributed by atoms with van der Waals surface area (Å²) in [4.78, 5) is 14.3. The molecule has 82 valence electrons. The molecule has 2 nitrogen and oxygen atoms in total. The molecule has 16 heavy (non-hydrogen) atoms. The predicted octanol–water partition coefficient (Wildman–Crippen LogP) is 3.45. The maximum atomic E-state index is 11.0. The molecule has 0 N–H and O–H groups in total. The Balaban J connectivity index is 2.76. The second-order valence-corrected chi connectivity index (χ2v) is 3.88. The van der Waals surface area contributed by atoms with Crippen LogP contribution < -0.4 is 0 Å². The highest BCUT2D eigenvalue weighted by molar-refractivity contribution is 7.78. The molecule has 0 aliphatic carbocycles. The van der Waals surface area contributed by atoms with Crippen LogP contribution >= 0.6 is 12.2 Å². The van der Waals surface area contributed by atoms with Gasteiger partial charge in [-0.25, -0.2) is 0 Å². The third-order valence-corrected chi connectivity index (χ3v) is 2.27. The first-order chi connectivity index (χ1) is 7.63. The zero-order chi connectivity index (χ0) is 12.0. The first-order valence-corrected chi connectivity index (χ1v) is 5.44. The van der Waals surface area contributed by atoms with Gasteiger partial charge in [0.25, 0.3) is 5.91 Å². The molecule has 3 heteroatoms. The van der Waals surface area contributed by atoms with Crippen LogP contribution in [0.2, 0.25) is 0 Å². The molecule has 0 saturated carbocycles. The van der Waals surface area contributed by atoms with Crippen LogP contribution in [0.1, 0.15) is 30.9 Å². The molecule has 1 rings (SSSR count). The Morgan fingerprint density at radius 3 is 2.50 bits per heavy atom. The van der Waals surface area contributed by atoms with Crippen LogP contribution in [0.15, 0.2) is 35.3 Å². The van der Waals surface area contributed by atoms with Crippen LogP contribution in [0.4, 0.5) is 0 Å². The van der Waals surface area contributed by atoms with E-state index < -0.39 is 0 Å². The fourth-order valence-electron chi connectivity index (χ4n) is 1.24. The Morgan fingerprint density at radius 1 is 1.38 bits per heavy atom. The zero-order valence-corrected chi connectivity index (χ0v) is 10.1. The average Bonchev–Trinajstić information content (AvgIpc) is 2.27. The summed E-state index contributed by atoms with van der Waals surface area (Å²) in [5.74, 6) is 0.127. The van der Waals surface area contributed by atoms with Crippen molar-refractivity contribution in [3.05, 3.63) is 41.5 Å². The first-order valence-electron chi connectivity index (χ1n) is 5.03. The Bertz CT molecular complexity index is 440. The van der Waals surface area contributed by atoms with Crippen LogP contribution in [-0.4, -0.2) is 11.1 Å². The highest BCUT2D eigenvalue weighted by Gasteiger charge is 1.97. The van der Waals surface area contributed by atoms with Crippen molar-refractivity contribution in [1.82, 2.24) is 0 Å². The lowest BCUT2D eigenvalue weighted by molar-refractivity contribution is -0.113. The molecule has 0 radical (unpaired) electrons. The number of hydrogen-bond acceptors (Lipinski definition) is 2. The van der Waals surface area contributed by atoms with Gasteiger partial charge in [0, 0.05) is 6.08 Å². The summed E-state index contributed by atoms with van der Waals surface area (Å²) < 4.78 is 0. The van der Waals surface area contributed by atoms with E-state index in [-0.39, 0.29) is 5.91 Å².